The van der Waals surface area contributed by atoms with Crippen LogP contribution in [-0.4, -0.2) is 22.3 Å². The van der Waals surface area contributed by atoms with E-state index in [1.807, 2.05) is 19.1 Å². The molecule has 0 unspecified atom stereocenters. The summed E-state index contributed by atoms with van der Waals surface area (Å²) in [6.45, 7) is 1.91. The van der Waals surface area contributed by atoms with Gasteiger partial charge in [0.1, 0.15) is 6.10 Å². The van der Waals surface area contributed by atoms with Crippen molar-refractivity contribution in [1.29, 1.82) is 0 Å². The largest absolute Gasteiger partial charge is 0.473 e. The van der Waals surface area contributed by atoms with Crippen LogP contribution in [0.3, 0.4) is 0 Å². The summed E-state index contributed by atoms with van der Waals surface area (Å²) in [6, 6.07) is 4.14. The fourth-order valence-electron chi connectivity index (χ4n) is 1.83. The second-order valence-electron chi connectivity index (χ2n) is 4.17. The Morgan fingerprint density at radius 2 is 1.93 bits per heavy atom. The molecule has 0 aromatic carbocycles. The Bertz CT molecular complexity index is 304. The van der Waals surface area contributed by atoms with Crippen molar-refractivity contribution in [3.8, 4) is 5.88 Å². The highest BCUT2D eigenvalue weighted by Gasteiger charge is 2.20. The van der Waals surface area contributed by atoms with Crippen molar-refractivity contribution in [1.82, 2.24) is 10.2 Å². The second kappa shape index (κ2) is 4.57. The Kier molecular flexibility index (Phi) is 3.16. The second-order valence-corrected chi connectivity index (χ2v) is 4.17. The number of nitrogens with zero attached hydrogens (tertiary/aromatic N) is 2. The molecular weight excluding hydrogens is 190 g/mol. The summed E-state index contributed by atoms with van der Waals surface area (Å²) in [6.07, 6.45) is 4.41. The van der Waals surface area contributed by atoms with Crippen LogP contribution in [-0.2, 0) is 0 Å². The van der Waals surface area contributed by atoms with Gasteiger partial charge in [-0.15, -0.1) is 5.10 Å². The number of hydrogen-bond donors (Lipinski definition) is 1. The summed E-state index contributed by atoms with van der Waals surface area (Å²) in [7, 11) is 0. The summed E-state index contributed by atoms with van der Waals surface area (Å²) in [5, 5.41) is 7.95. The van der Waals surface area contributed by atoms with Crippen molar-refractivity contribution < 1.29 is 4.74 Å². The summed E-state index contributed by atoms with van der Waals surface area (Å²) < 4.78 is 5.73. The minimum absolute atomic E-state index is 0.266. The van der Waals surface area contributed by atoms with E-state index in [0.717, 1.165) is 31.4 Å². The molecule has 0 aliphatic heterocycles. The molecule has 1 fully saturated rings. The van der Waals surface area contributed by atoms with Crippen molar-refractivity contribution in [3.05, 3.63) is 17.8 Å². The van der Waals surface area contributed by atoms with E-state index in [-0.39, 0.29) is 6.10 Å². The fourth-order valence-corrected chi connectivity index (χ4v) is 1.83. The molecule has 0 atom stereocenters. The van der Waals surface area contributed by atoms with Crippen LogP contribution in [0.2, 0.25) is 0 Å². The summed E-state index contributed by atoms with van der Waals surface area (Å²) in [5.41, 5.74) is 6.74. The van der Waals surface area contributed by atoms with Crippen molar-refractivity contribution in [3.63, 3.8) is 0 Å². The number of ether oxygens (including phenoxy) is 1. The third-order valence-electron chi connectivity index (χ3n) is 2.78. The van der Waals surface area contributed by atoms with Gasteiger partial charge in [0, 0.05) is 12.1 Å². The van der Waals surface area contributed by atoms with Gasteiger partial charge in [-0.2, -0.15) is 5.10 Å². The van der Waals surface area contributed by atoms with Gasteiger partial charge in [0.2, 0.25) is 5.88 Å². The Balaban J connectivity index is 1.89. The van der Waals surface area contributed by atoms with Crippen LogP contribution < -0.4 is 10.5 Å². The zero-order valence-corrected chi connectivity index (χ0v) is 9.02. The molecule has 4 nitrogen and oxygen atoms in total. The number of aromatic nitrogens is 2. The molecule has 0 radical (unpaired) electrons. The van der Waals surface area contributed by atoms with Crippen LogP contribution in [0.15, 0.2) is 12.1 Å². The Morgan fingerprint density at radius 3 is 2.53 bits per heavy atom. The number of hydrogen-bond acceptors (Lipinski definition) is 4. The van der Waals surface area contributed by atoms with E-state index < -0.39 is 0 Å². The van der Waals surface area contributed by atoms with E-state index in [1.165, 1.54) is 0 Å². The van der Waals surface area contributed by atoms with Gasteiger partial charge in [0.05, 0.1) is 5.69 Å². The van der Waals surface area contributed by atoms with Crippen molar-refractivity contribution in [2.24, 2.45) is 5.73 Å². The number of nitrogens with two attached hydrogens (primary N) is 1. The van der Waals surface area contributed by atoms with Gasteiger partial charge in [0.15, 0.2) is 0 Å². The third kappa shape index (κ3) is 2.89. The minimum Gasteiger partial charge on any atom is -0.473 e. The summed E-state index contributed by atoms with van der Waals surface area (Å²) in [4.78, 5) is 0. The molecule has 1 heterocycles. The molecular formula is C11H17N3O. The van der Waals surface area contributed by atoms with Crippen LogP contribution in [0, 0.1) is 6.92 Å². The zero-order valence-electron chi connectivity index (χ0n) is 9.02. The first kappa shape index (κ1) is 10.4. The standard InChI is InChI=1S/C11H17N3O/c1-8-2-7-11(14-13-8)15-10-5-3-9(12)4-6-10/h2,7,9-10H,3-6,12H2,1H3. The normalized spacial score (nSPS) is 26.3. The molecule has 15 heavy (non-hydrogen) atoms. The molecule has 1 aromatic heterocycles. The molecule has 1 aliphatic carbocycles. The van der Waals surface area contributed by atoms with E-state index in [9.17, 15) is 0 Å². The van der Waals surface area contributed by atoms with E-state index in [2.05, 4.69) is 10.2 Å². The van der Waals surface area contributed by atoms with Crippen LogP contribution in [0.1, 0.15) is 31.4 Å². The molecule has 0 amide bonds. The number of aryl methyl sites for hydroxylation is 1. The highest BCUT2D eigenvalue weighted by molar-refractivity contribution is 5.10. The van der Waals surface area contributed by atoms with E-state index in [0.29, 0.717) is 11.9 Å². The Labute approximate surface area is 89.8 Å². The molecule has 2 N–H and O–H groups in total. The number of rotatable bonds is 2. The SMILES string of the molecule is Cc1ccc(OC2CCC(N)CC2)nn1. The molecule has 1 aliphatic rings. The van der Waals surface area contributed by atoms with Gasteiger partial charge in [-0.05, 0) is 38.7 Å². The predicted octanol–water partition coefficient (Wildman–Crippen LogP) is 1.43. The Hall–Kier alpha value is -1.16. The fraction of sp³-hybridized carbons (Fsp3) is 0.636. The van der Waals surface area contributed by atoms with E-state index in [1.54, 1.807) is 0 Å². The quantitative estimate of drug-likeness (QED) is 0.797. The van der Waals surface area contributed by atoms with Gasteiger partial charge >= 0.3 is 0 Å². The van der Waals surface area contributed by atoms with Crippen molar-refractivity contribution in [2.45, 2.75) is 44.8 Å². The first-order chi connectivity index (χ1) is 7.24. The van der Waals surface area contributed by atoms with Gasteiger partial charge in [-0.25, -0.2) is 0 Å². The molecule has 0 spiro atoms. The summed E-state index contributed by atoms with van der Waals surface area (Å²) >= 11 is 0. The maximum Gasteiger partial charge on any atom is 0.233 e. The highest BCUT2D eigenvalue weighted by Crippen LogP contribution is 2.21. The highest BCUT2D eigenvalue weighted by atomic mass is 16.5. The summed E-state index contributed by atoms with van der Waals surface area (Å²) in [5.74, 6) is 0.626. The van der Waals surface area contributed by atoms with E-state index >= 15 is 0 Å². The Morgan fingerprint density at radius 1 is 1.20 bits per heavy atom. The molecule has 4 heteroatoms. The predicted molar refractivity (Wildman–Crippen MR) is 57.6 cm³/mol. The molecule has 2 rings (SSSR count). The third-order valence-corrected chi connectivity index (χ3v) is 2.78. The molecule has 0 saturated heterocycles. The molecule has 82 valence electrons. The first-order valence-corrected chi connectivity index (χ1v) is 5.46. The van der Waals surface area contributed by atoms with Gasteiger partial charge < -0.3 is 10.5 Å². The van der Waals surface area contributed by atoms with Crippen LogP contribution >= 0.6 is 0 Å². The average molecular weight is 207 g/mol. The average Bonchev–Trinajstić information content (AvgIpc) is 2.25. The van der Waals surface area contributed by atoms with Crippen LogP contribution in [0.5, 0.6) is 5.88 Å². The monoisotopic (exact) mass is 207 g/mol. The smallest absolute Gasteiger partial charge is 0.233 e. The lowest BCUT2D eigenvalue weighted by Crippen LogP contribution is -2.31. The minimum atomic E-state index is 0.266. The maximum atomic E-state index is 5.83. The topological polar surface area (TPSA) is 61.0 Å². The maximum absolute atomic E-state index is 5.83. The molecule has 1 aromatic rings. The van der Waals surface area contributed by atoms with E-state index in [4.69, 9.17) is 10.5 Å². The lowest BCUT2D eigenvalue weighted by Gasteiger charge is -2.26. The lowest BCUT2D eigenvalue weighted by molar-refractivity contribution is 0.139. The lowest BCUT2D eigenvalue weighted by atomic mass is 9.94. The van der Waals surface area contributed by atoms with Gasteiger partial charge in [-0.3, -0.25) is 0 Å². The van der Waals surface area contributed by atoms with Crippen LogP contribution in [0.25, 0.3) is 0 Å². The molecule has 1 saturated carbocycles. The van der Waals surface area contributed by atoms with Gasteiger partial charge in [0.25, 0.3) is 0 Å². The first-order valence-electron chi connectivity index (χ1n) is 5.46. The molecule has 0 bridgehead atoms. The van der Waals surface area contributed by atoms with Crippen molar-refractivity contribution >= 4 is 0 Å². The zero-order chi connectivity index (χ0) is 10.7. The van der Waals surface area contributed by atoms with Crippen molar-refractivity contribution in [2.75, 3.05) is 0 Å². The van der Waals surface area contributed by atoms with Gasteiger partial charge in [-0.1, -0.05) is 0 Å². The van der Waals surface area contributed by atoms with Crippen LogP contribution in [0.4, 0.5) is 0 Å².